The summed E-state index contributed by atoms with van der Waals surface area (Å²) in [5.74, 6) is -2.43. The van der Waals surface area contributed by atoms with Crippen LogP contribution in [0.25, 0.3) is 10.9 Å². The number of anilines is 2. The predicted octanol–water partition coefficient (Wildman–Crippen LogP) is 7.82. The van der Waals surface area contributed by atoms with Crippen molar-refractivity contribution in [2.45, 2.75) is 39.5 Å². The quantitative estimate of drug-likeness (QED) is 0.224. The molecule has 0 saturated heterocycles. The second-order valence-electron chi connectivity index (χ2n) is 11.2. The van der Waals surface area contributed by atoms with Gasteiger partial charge in [-0.25, -0.2) is 4.98 Å². The van der Waals surface area contributed by atoms with Crippen molar-refractivity contribution in [3.05, 3.63) is 130 Å². The van der Waals surface area contributed by atoms with Crippen LogP contribution in [0.3, 0.4) is 0 Å². The molecule has 5 aromatic rings. The van der Waals surface area contributed by atoms with Crippen molar-refractivity contribution in [3.63, 3.8) is 0 Å². The molecule has 6 nitrogen and oxygen atoms in total. The van der Waals surface area contributed by atoms with Gasteiger partial charge < -0.3 is 5.11 Å². The van der Waals surface area contributed by atoms with E-state index in [9.17, 15) is 19.5 Å². The number of carbonyl (C=O) groups excluding carboxylic acids is 3. The van der Waals surface area contributed by atoms with E-state index in [1.807, 2.05) is 80.6 Å². The van der Waals surface area contributed by atoms with E-state index in [1.54, 1.807) is 17.0 Å². The molecule has 4 aromatic carbocycles. The molecule has 1 amide bonds. The van der Waals surface area contributed by atoms with Gasteiger partial charge in [-0.05, 0) is 86.0 Å². The average Bonchev–Trinajstić information content (AvgIpc) is 3.23. The van der Waals surface area contributed by atoms with Crippen molar-refractivity contribution in [1.82, 2.24) is 4.98 Å². The number of Topliss-reactive ketones (excluding diaryl/α,β-unsaturated/α-hetero) is 2. The van der Waals surface area contributed by atoms with Crippen molar-refractivity contribution in [1.29, 1.82) is 0 Å². The zero-order valence-electron chi connectivity index (χ0n) is 23.9. The maximum Gasteiger partial charge on any atom is 0.262 e. The van der Waals surface area contributed by atoms with E-state index < -0.39 is 17.5 Å². The molecule has 0 bridgehead atoms. The maximum absolute atomic E-state index is 14.0. The van der Waals surface area contributed by atoms with Gasteiger partial charge in [0.1, 0.15) is 17.4 Å². The van der Waals surface area contributed by atoms with Crippen LogP contribution < -0.4 is 4.90 Å². The lowest BCUT2D eigenvalue weighted by Gasteiger charge is -2.24. The van der Waals surface area contributed by atoms with Gasteiger partial charge in [-0.15, -0.1) is 0 Å². The summed E-state index contributed by atoms with van der Waals surface area (Å²) in [6, 6.07) is 27.2. The molecular weight excluding hydrogens is 524 g/mol. The molecule has 0 spiro atoms. The number of ketones is 2. The SMILES string of the molecule is Cc1ccc(N(C(=O)c2ccc3c(c2)C(=O)C(c2nc4ccc(C(C)C)cc4cc2O)C3=O)c2ccc(C)cc2)cc1. The molecule has 0 fully saturated rings. The van der Waals surface area contributed by atoms with Crippen LogP contribution in [0.2, 0.25) is 0 Å². The molecule has 0 aliphatic heterocycles. The Morgan fingerprint density at radius 1 is 0.762 bits per heavy atom. The van der Waals surface area contributed by atoms with Crippen LogP contribution in [0.15, 0.2) is 91.0 Å². The van der Waals surface area contributed by atoms with Crippen molar-refractivity contribution >= 4 is 39.8 Å². The average molecular weight is 555 g/mol. The molecular formula is C36H30N2O4. The van der Waals surface area contributed by atoms with E-state index in [1.165, 1.54) is 12.1 Å². The van der Waals surface area contributed by atoms with E-state index in [0.717, 1.165) is 22.1 Å². The van der Waals surface area contributed by atoms with Crippen LogP contribution in [-0.2, 0) is 0 Å². The fourth-order valence-corrected chi connectivity index (χ4v) is 5.45. The normalized spacial score (nSPS) is 14.5. The van der Waals surface area contributed by atoms with Gasteiger partial charge >= 0.3 is 0 Å². The lowest BCUT2D eigenvalue weighted by molar-refractivity contribution is 0.0885. The molecule has 0 saturated carbocycles. The summed E-state index contributed by atoms with van der Waals surface area (Å²) in [6.45, 7) is 8.12. The van der Waals surface area contributed by atoms with Crippen molar-refractivity contribution in [2.24, 2.45) is 0 Å². The summed E-state index contributed by atoms with van der Waals surface area (Å²) in [4.78, 5) is 47.4. The molecule has 1 heterocycles. The first-order chi connectivity index (χ1) is 20.1. The second-order valence-corrected chi connectivity index (χ2v) is 11.2. The summed E-state index contributed by atoms with van der Waals surface area (Å²) >= 11 is 0. The maximum atomic E-state index is 14.0. The lowest BCUT2D eigenvalue weighted by atomic mass is 9.96. The highest BCUT2D eigenvalue weighted by atomic mass is 16.3. The number of fused-ring (bicyclic) bond motifs is 2. The number of pyridine rings is 1. The first kappa shape index (κ1) is 27.1. The molecule has 6 heteroatoms. The zero-order chi connectivity index (χ0) is 29.7. The van der Waals surface area contributed by atoms with E-state index in [4.69, 9.17) is 0 Å². The number of aromatic hydroxyl groups is 1. The third kappa shape index (κ3) is 4.65. The molecule has 0 radical (unpaired) electrons. The predicted molar refractivity (Wildman–Crippen MR) is 164 cm³/mol. The second kappa shape index (κ2) is 10.4. The molecule has 1 aromatic heterocycles. The van der Waals surface area contributed by atoms with Gasteiger partial charge in [0.15, 0.2) is 11.6 Å². The van der Waals surface area contributed by atoms with Gasteiger partial charge in [0.2, 0.25) is 0 Å². The number of nitrogens with zero attached hydrogens (tertiary/aromatic N) is 2. The number of aromatic nitrogens is 1. The Hall–Kier alpha value is -5.10. The monoisotopic (exact) mass is 554 g/mol. The molecule has 1 aliphatic rings. The van der Waals surface area contributed by atoms with Crippen LogP contribution in [-0.4, -0.2) is 27.6 Å². The third-order valence-electron chi connectivity index (χ3n) is 7.90. The smallest absolute Gasteiger partial charge is 0.262 e. The Morgan fingerprint density at radius 2 is 1.36 bits per heavy atom. The number of hydrogen-bond acceptors (Lipinski definition) is 5. The number of aryl methyl sites for hydroxylation is 2. The van der Waals surface area contributed by atoms with E-state index in [-0.39, 0.29) is 34.0 Å². The van der Waals surface area contributed by atoms with E-state index in [2.05, 4.69) is 18.8 Å². The zero-order valence-corrected chi connectivity index (χ0v) is 23.9. The molecule has 1 N–H and O–H groups in total. The van der Waals surface area contributed by atoms with Crippen molar-refractivity contribution < 1.29 is 19.5 Å². The summed E-state index contributed by atoms with van der Waals surface area (Å²) < 4.78 is 0. The van der Waals surface area contributed by atoms with Crippen LogP contribution in [0.4, 0.5) is 11.4 Å². The fraction of sp³-hybridized carbons (Fsp3) is 0.167. The largest absolute Gasteiger partial charge is 0.506 e. The first-order valence-electron chi connectivity index (χ1n) is 14.0. The molecule has 42 heavy (non-hydrogen) atoms. The van der Waals surface area contributed by atoms with E-state index in [0.29, 0.717) is 22.8 Å². The number of rotatable bonds is 5. The summed E-state index contributed by atoms with van der Waals surface area (Å²) in [7, 11) is 0. The number of hydrogen-bond donors (Lipinski definition) is 1. The summed E-state index contributed by atoms with van der Waals surface area (Å²) in [5.41, 5.74) is 5.85. The van der Waals surface area contributed by atoms with Gasteiger partial charge in [-0.1, -0.05) is 55.3 Å². The van der Waals surface area contributed by atoms with Crippen LogP contribution in [0.5, 0.6) is 5.75 Å². The Bertz CT molecular complexity index is 1840. The van der Waals surface area contributed by atoms with Gasteiger partial charge in [0.25, 0.3) is 5.91 Å². The van der Waals surface area contributed by atoms with E-state index >= 15 is 0 Å². The van der Waals surface area contributed by atoms with Gasteiger partial charge in [-0.3, -0.25) is 19.3 Å². The highest BCUT2D eigenvalue weighted by Crippen LogP contribution is 2.39. The Labute approximate surface area is 244 Å². The minimum atomic E-state index is -1.27. The Morgan fingerprint density at radius 3 is 1.95 bits per heavy atom. The first-order valence-corrected chi connectivity index (χ1v) is 14.0. The molecule has 1 atom stereocenters. The topological polar surface area (TPSA) is 87.6 Å². The van der Waals surface area contributed by atoms with Crippen LogP contribution in [0, 0.1) is 13.8 Å². The lowest BCUT2D eigenvalue weighted by Crippen LogP contribution is -2.26. The fourth-order valence-electron chi connectivity index (χ4n) is 5.45. The number of benzene rings is 4. The van der Waals surface area contributed by atoms with Crippen molar-refractivity contribution in [2.75, 3.05) is 4.90 Å². The van der Waals surface area contributed by atoms with Gasteiger partial charge in [0.05, 0.1) is 5.52 Å². The molecule has 1 unspecified atom stereocenters. The Kier molecular flexibility index (Phi) is 6.70. The minimum absolute atomic E-state index is 0.0276. The third-order valence-corrected chi connectivity index (χ3v) is 7.90. The Balaban J connectivity index is 1.38. The van der Waals surface area contributed by atoms with Crippen molar-refractivity contribution in [3.8, 4) is 5.75 Å². The highest BCUT2D eigenvalue weighted by molar-refractivity contribution is 6.30. The van der Waals surface area contributed by atoms with Gasteiger partial charge in [0, 0.05) is 33.5 Å². The van der Waals surface area contributed by atoms with Gasteiger partial charge in [-0.2, -0.15) is 0 Å². The standard InChI is InChI=1S/C36H30N2O4/c1-20(2)23-10-16-30-25(17-23)19-31(39)33(37-30)32-34(40)28-15-9-24(18-29(28)35(32)41)36(42)38(26-11-5-21(3)6-12-26)27-13-7-22(4)8-14-27/h5-20,32,39H,1-4H3. The highest BCUT2D eigenvalue weighted by Gasteiger charge is 2.42. The molecule has 1 aliphatic carbocycles. The van der Waals surface area contributed by atoms with Crippen LogP contribution in [0.1, 0.15) is 79.1 Å². The summed E-state index contributed by atoms with van der Waals surface area (Å²) in [5, 5.41) is 11.6. The minimum Gasteiger partial charge on any atom is -0.506 e. The summed E-state index contributed by atoms with van der Waals surface area (Å²) in [6.07, 6.45) is 0. The molecule has 6 rings (SSSR count). The number of carbonyl (C=O) groups is 3. The number of amides is 1. The van der Waals surface area contributed by atoms with Crippen LogP contribution >= 0.6 is 0 Å². The molecule has 208 valence electrons.